The lowest BCUT2D eigenvalue weighted by Gasteiger charge is -2.35. The van der Waals surface area contributed by atoms with Crippen LogP contribution in [-0.2, 0) is 10.3 Å². The zero-order valence-corrected chi connectivity index (χ0v) is 9.99. The van der Waals surface area contributed by atoms with Gasteiger partial charge in [-0.25, -0.2) is 0 Å². The maximum atomic E-state index is 12.2. The third kappa shape index (κ3) is 1.78. The molecular weight excluding hydrogens is 198 g/mol. The minimum absolute atomic E-state index is 0.0965. The van der Waals surface area contributed by atoms with E-state index in [1.54, 1.807) is 0 Å². The predicted molar refractivity (Wildman–Crippen MR) is 65.1 cm³/mol. The third-order valence-corrected chi connectivity index (χ3v) is 3.63. The summed E-state index contributed by atoms with van der Waals surface area (Å²) in [6, 6.07) is 8.02. The van der Waals surface area contributed by atoms with Gasteiger partial charge in [-0.1, -0.05) is 43.2 Å². The highest BCUT2D eigenvalue weighted by atomic mass is 16.1. The topological polar surface area (TPSA) is 43.1 Å². The summed E-state index contributed by atoms with van der Waals surface area (Å²) >= 11 is 0. The van der Waals surface area contributed by atoms with Crippen molar-refractivity contribution < 1.29 is 4.79 Å². The van der Waals surface area contributed by atoms with E-state index in [1.807, 2.05) is 38.1 Å². The fourth-order valence-corrected chi connectivity index (χ4v) is 2.59. The Morgan fingerprint density at radius 3 is 2.88 bits per heavy atom. The standard InChI is InChI=1S/C14H19NO/c1-10-5-3-7-12(9-10)14(15)8-4-6-11(2)13(14)16/h3,5,7,9,11H,4,6,8,15H2,1-2H3. The Morgan fingerprint density at radius 2 is 2.19 bits per heavy atom. The number of hydrogen-bond acceptors (Lipinski definition) is 2. The Morgan fingerprint density at radius 1 is 1.44 bits per heavy atom. The second-order valence-electron chi connectivity index (χ2n) is 5.00. The molecule has 2 unspecified atom stereocenters. The second kappa shape index (κ2) is 4.02. The Bertz CT molecular complexity index is 413. The summed E-state index contributed by atoms with van der Waals surface area (Å²) in [7, 11) is 0. The van der Waals surface area contributed by atoms with Crippen molar-refractivity contribution in [3.63, 3.8) is 0 Å². The highest BCUT2D eigenvalue weighted by Gasteiger charge is 2.41. The fraction of sp³-hybridized carbons (Fsp3) is 0.500. The van der Waals surface area contributed by atoms with Crippen LogP contribution in [0.25, 0.3) is 0 Å². The van der Waals surface area contributed by atoms with Crippen molar-refractivity contribution in [2.75, 3.05) is 0 Å². The Balaban J connectivity index is 2.41. The summed E-state index contributed by atoms with van der Waals surface area (Å²) in [5.74, 6) is 0.295. The van der Waals surface area contributed by atoms with Crippen LogP contribution in [0.5, 0.6) is 0 Å². The number of hydrogen-bond donors (Lipinski definition) is 1. The van der Waals surface area contributed by atoms with Gasteiger partial charge in [0, 0.05) is 5.92 Å². The van der Waals surface area contributed by atoms with Gasteiger partial charge in [0.05, 0.1) is 0 Å². The van der Waals surface area contributed by atoms with Crippen LogP contribution in [0.2, 0.25) is 0 Å². The van der Waals surface area contributed by atoms with Gasteiger partial charge >= 0.3 is 0 Å². The van der Waals surface area contributed by atoms with Crippen LogP contribution >= 0.6 is 0 Å². The molecule has 0 bridgehead atoms. The lowest BCUT2D eigenvalue weighted by Crippen LogP contribution is -2.50. The highest BCUT2D eigenvalue weighted by molar-refractivity contribution is 5.91. The molecule has 0 aliphatic heterocycles. The first-order valence-electron chi connectivity index (χ1n) is 5.94. The summed E-state index contributed by atoms with van der Waals surface area (Å²) in [6.07, 6.45) is 2.79. The van der Waals surface area contributed by atoms with Crippen molar-refractivity contribution >= 4 is 5.78 Å². The number of ketones is 1. The zero-order chi connectivity index (χ0) is 11.8. The van der Waals surface area contributed by atoms with Crippen LogP contribution in [-0.4, -0.2) is 5.78 Å². The SMILES string of the molecule is Cc1cccc(C2(N)CCCC(C)C2=O)c1. The van der Waals surface area contributed by atoms with Crippen molar-refractivity contribution in [2.45, 2.75) is 38.6 Å². The molecule has 2 atom stereocenters. The fourth-order valence-electron chi connectivity index (χ4n) is 2.59. The summed E-state index contributed by atoms with van der Waals surface area (Å²) in [6.45, 7) is 4.02. The molecule has 1 aliphatic carbocycles. The van der Waals surface area contributed by atoms with Gasteiger partial charge in [-0.05, 0) is 25.3 Å². The lowest BCUT2D eigenvalue weighted by molar-refractivity contribution is -0.130. The molecule has 16 heavy (non-hydrogen) atoms. The van der Waals surface area contributed by atoms with Crippen LogP contribution in [0.3, 0.4) is 0 Å². The van der Waals surface area contributed by atoms with Gasteiger partial charge in [-0.2, -0.15) is 0 Å². The summed E-state index contributed by atoms with van der Waals surface area (Å²) in [4.78, 5) is 12.2. The minimum Gasteiger partial charge on any atom is -0.315 e. The summed E-state index contributed by atoms with van der Waals surface area (Å²) in [5.41, 5.74) is 7.72. The van der Waals surface area contributed by atoms with Gasteiger partial charge in [-0.15, -0.1) is 0 Å². The molecule has 0 radical (unpaired) electrons. The molecule has 2 rings (SSSR count). The van der Waals surface area contributed by atoms with Crippen LogP contribution < -0.4 is 5.73 Å². The molecule has 0 heterocycles. The number of carbonyl (C=O) groups excluding carboxylic acids is 1. The average Bonchev–Trinajstić information content (AvgIpc) is 2.26. The van der Waals surface area contributed by atoms with Gasteiger partial charge in [-0.3, -0.25) is 4.79 Å². The van der Waals surface area contributed by atoms with E-state index < -0.39 is 5.54 Å². The monoisotopic (exact) mass is 217 g/mol. The van der Waals surface area contributed by atoms with Crippen molar-refractivity contribution in [2.24, 2.45) is 11.7 Å². The number of aryl methyl sites for hydroxylation is 1. The first-order valence-corrected chi connectivity index (χ1v) is 5.94. The zero-order valence-electron chi connectivity index (χ0n) is 9.99. The van der Waals surface area contributed by atoms with Gasteiger partial charge < -0.3 is 5.73 Å². The number of rotatable bonds is 1. The van der Waals surface area contributed by atoms with Gasteiger partial charge in [0.1, 0.15) is 5.54 Å². The maximum absolute atomic E-state index is 12.2. The van der Waals surface area contributed by atoms with E-state index in [-0.39, 0.29) is 11.7 Å². The Kier molecular flexibility index (Phi) is 2.85. The van der Waals surface area contributed by atoms with Crippen molar-refractivity contribution in [3.8, 4) is 0 Å². The van der Waals surface area contributed by atoms with E-state index in [4.69, 9.17) is 5.73 Å². The molecule has 0 saturated heterocycles. The minimum atomic E-state index is -0.746. The molecule has 0 aromatic heterocycles. The number of benzene rings is 1. The third-order valence-electron chi connectivity index (χ3n) is 3.63. The van der Waals surface area contributed by atoms with E-state index in [2.05, 4.69) is 0 Å². The molecule has 86 valence electrons. The first kappa shape index (κ1) is 11.3. The summed E-state index contributed by atoms with van der Waals surface area (Å²) < 4.78 is 0. The molecule has 2 heteroatoms. The molecule has 2 nitrogen and oxygen atoms in total. The predicted octanol–water partition coefficient (Wildman–Crippen LogP) is 2.54. The largest absolute Gasteiger partial charge is 0.315 e. The van der Waals surface area contributed by atoms with Crippen molar-refractivity contribution in [3.05, 3.63) is 35.4 Å². The number of carbonyl (C=O) groups is 1. The highest BCUT2D eigenvalue weighted by Crippen LogP contribution is 2.35. The van der Waals surface area contributed by atoms with Gasteiger partial charge in [0.15, 0.2) is 5.78 Å². The van der Waals surface area contributed by atoms with Crippen molar-refractivity contribution in [1.29, 1.82) is 0 Å². The van der Waals surface area contributed by atoms with Crippen molar-refractivity contribution in [1.82, 2.24) is 0 Å². The van der Waals surface area contributed by atoms with E-state index in [0.29, 0.717) is 0 Å². The Hall–Kier alpha value is -1.15. The molecule has 1 aromatic carbocycles. The van der Waals surface area contributed by atoms with E-state index in [1.165, 1.54) is 0 Å². The second-order valence-corrected chi connectivity index (χ2v) is 5.00. The van der Waals surface area contributed by atoms with E-state index in [9.17, 15) is 4.79 Å². The molecule has 1 saturated carbocycles. The smallest absolute Gasteiger partial charge is 0.159 e. The molecule has 1 aromatic rings. The molecule has 0 spiro atoms. The van der Waals surface area contributed by atoms with Crippen LogP contribution in [0.1, 0.15) is 37.3 Å². The van der Waals surface area contributed by atoms with Gasteiger partial charge in [0.25, 0.3) is 0 Å². The molecule has 1 aliphatic rings. The molecule has 0 amide bonds. The average molecular weight is 217 g/mol. The summed E-state index contributed by atoms with van der Waals surface area (Å²) in [5, 5.41) is 0. The van der Waals surface area contributed by atoms with Crippen LogP contribution in [0.4, 0.5) is 0 Å². The Labute approximate surface area is 96.8 Å². The first-order chi connectivity index (χ1) is 7.54. The van der Waals surface area contributed by atoms with Gasteiger partial charge in [0.2, 0.25) is 0 Å². The molecule has 1 fully saturated rings. The molecule has 2 N–H and O–H groups in total. The number of Topliss-reactive ketones (excluding diaryl/α,β-unsaturated/α-hetero) is 1. The van der Waals surface area contributed by atoms with E-state index in [0.717, 1.165) is 30.4 Å². The van der Waals surface area contributed by atoms with E-state index >= 15 is 0 Å². The molecular formula is C14H19NO. The quantitative estimate of drug-likeness (QED) is 0.785. The number of nitrogens with two attached hydrogens (primary N) is 1. The van der Waals surface area contributed by atoms with Crippen LogP contribution in [0, 0.1) is 12.8 Å². The normalized spacial score (nSPS) is 30.4. The lowest BCUT2D eigenvalue weighted by atomic mass is 9.72. The van der Waals surface area contributed by atoms with Crippen LogP contribution in [0.15, 0.2) is 24.3 Å². The maximum Gasteiger partial charge on any atom is 0.159 e.